The molecule has 0 unspecified atom stereocenters. The Morgan fingerprint density at radius 3 is 2.00 bits per heavy atom. The summed E-state index contributed by atoms with van der Waals surface area (Å²) >= 11 is 0. The van der Waals surface area contributed by atoms with Crippen molar-refractivity contribution in [1.82, 2.24) is 0 Å². The quantitative estimate of drug-likeness (QED) is 0.521. The Labute approximate surface area is 70.9 Å². The van der Waals surface area contributed by atoms with E-state index in [-0.39, 0.29) is 5.54 Å². The smallest absolute Gasteiger partial charge is 0.0595 e. The van der Waals surface area contributed by atoms with Gasteiger partial charge in [-0.2, -0.15) is 0 Å². The molecule has 0 amide bonds. The van der Waals surface area contributed by atoms with E-state index in [0.29, 0.717) is 0 Å². The second kappa shape index (κ2) is 5.34. The number of aliphatic imine (C=N–C) groups is 1. The Morgan fingerprint density at radius 2 is 1.73 bits per heavy atom. The summed E-state index contributed by atoms with van der Waals surface area (Å²) < 4.78 is 0. The van der Waals surface area contributed by atoms with Gasteiger partial charge in [0.15, 0.2) is 0 Å². The first-order valence-corrected chi connectivity index (χ1v) is 4.72. The molecule has 0 bridgehead atoms. The monoisotopic (exact) mass is 155 g/mol. The minimum absolute atomic E-state index is 0.190. The van der Waals surface area contributed by atoms with Crippen molar-refractivity contribution < 1.29 is 0 Å². The normalized spacial score (nSPS) is 11.5. The molecule has 0 radical (unpaired) electrons. The standard InChI is InChI=1S/C10H21N/c1-5-8-9-10(6-2,7-3)11-4/h4-9H2,1-3H3. The van der Waals surface area contributed by atoms with Crippen molar-refractivity contribution >= 4 is 6.72 Å². The Balaban J connectivity index is 3.94. The van der Waals surface area contributed by atoms with Gasteiger partial charge >= 0.3 is 0 Å². The molecular weight excluding hydrogens is 134 g/mol. The maximum absolute atomic E-state index is 4.24. The number of hydrogen-bond acceptors (Lipinski definition) is 1. The van der Waals surface area contributed by atoms with Crippen LogP contribution < -0.4 is 0 Å². The van der Waals surface area contributed by atoms with Gasteiger partial charge in [0.1, 0.15) is 0 Å². The third-order valence-corrected chi connectivity index (χ3v) is 2.65. The highest BCUT2D eigenvalue weighted by atomic mass is 14.8. The number of rotatable bonds is 6. The summed E-state index contributed by atoms with van der Waals surface area (Å²) in [5, 5.41) is 0. The first-order valence-electron chi connectivity index (χ1n) is 4.72. The van der Waals surface area contributed by atoms with E-state index in [1.165, 1.54) is 19.3 Å². The van der Waals surface area contributed by atoms with E-state index < -0.39 is 0 Å². The number of unbranched alkanes of at least 4 members (excludes halogenated alkanes) is 1. The summed E-state index contributed by atoms with van der Waals surface area (Å²) in [6.45, 7) is 10.3. The second-order valence-corrected chi connectivity index (χ2v) is 3.19. The predicted molar refractivity (Wildman–Crippen MR) is 52.4 cm³/mol. The Hall–Kier alpha value is -0.330. The van der Waals surface area contributed by atoms with Crippen LogP contribution in [0.25, 0.3) is 0 Å². The fourth-order valence-corrected chi connectivity index (χ4v) is 1.41. The van der Waals surface area contributed by atoms with Crippen molar-refractivity contribution in [3.63, 3.8) is 0 Å². The zero-order valence-electron chi connectivity index (χ0n) is 8.19. The SMILES string of the molecule is C=NC(CC)(CC)CCCC. The van der Waals surface area contributed by atoms with E-state index in [9.17, 15) is 0 Å². The van der Waals surface area contributed by atoms with Crippen molar-refractivity contribution in [1.29, 1.82) is 0 Å². The summed E-state index contributed by atoms with van der Waals surface area (Å²) in [7, 11) is 0. The molecule has 0 atom stereocenters. The Bertz CT molecular complexity index is 103. The molecule has 0 saturated heterocycles. The highest BCUT2D eigenvalue weighted by Crippen LogP contribution is 2.26. The molecule has 0 rings (SSSR count). The van der Waals surface area contributed by atoms with Crippen molar-refractivity contribution in [2.75, 3.05) is 0 Å². The van der Waals surface area contributed by atoms with Crippen LogP contribution in [0, 0.1) is 0 Å². The molecule has 0 heterocycles. The summed E-state index contributed by atoms with van der Waals surface area (Å²) in [6.07, 6.45) is 6.01. The zero-order chi connectivity index (χ0) is 8.74. The fourth-order valence-electron chi connectivity index (χ4n) is 1.41. The average Bonchev–Trinajstić information content (AvgIpc) is 2.08. The van der Waals surface area contributed by atoms with Gasteiger partial charge in [-0.05, 0) is 26.0 Å². The van der Waals surface area contributed by atoms with E-state index in [1.807, 2.05) is 0 Å². The van der Waals surface area contributed by atoms with E-state index in [2.05, 4.69) is 32.5 Å². The largest absolute Gasteiger partial charge is 0.294 e. The van der Waals surface area contributed by atoms with Gasteiger partial charge in [-0.15, -0.1) is 0 Å². The molecule has 0 aliphatic carbocycles. The van der Waals surface area contributed by atoms with Gasteiger partial charge < -0.3 is 0 Å². The van der Waals surface area contributed by atoms with Gasteiger partial charge in [0.2, 0.25) is 0 Å². The minimum atomic E-state index is 0.190. The molecule has 0 aromatic heterocycles. The molecule has 0 aliphatic heterocycles. The lowest BCUT2D eigenvalue weighted by molar-refractivity contribution is 0.361. The Morgan fingerprint density at radius 1 is 1.18 bits per heavy atom. The van der Waals surface area contributed by atoms with Gasteiger partial charge in [-0.25, -0.2) is 0 Å². The third kappa shape index (κ3) is 3.04. The molecule has 0 fully saturated rings. The lowest BCUT2D eigenvalue weighted by Gasteiger charge is -2.26. The molecule has 11 heavy (non-hydrogen) atoms. The molecular formula is C10H21N. The van der Waals surface area contributed by atoms with Crippen LogP contribution in [0.2, 0.25) is 0 Å². The lowest BCUT2D eigenvalue weighted by atomic mass is 9.88. The number of hydrogen-bond donors (Lipinski definition) is 0. The third-order valence-electron chi connectivity index (χ3n) is 2.65. The van der Waals surface area contributed by atoms with Gasteiger partial charge in [0.25, 0.3) is 0 Å². The van der Waals surface area contributed by atoms with Gasteiger partial charge in [-0.1, -0.05) is 33.6 Å². The Kier molecular flexibility index (Phi) is 5.18. The molecule has 66 valence electrons. The van der Waals surface area contributed by atoms with Crippen LogP contribution in [0.15, 0.2) is 4.99 Å². The van der Waals surface area contributed by atoms with Crippen LogP contribution in [0.4, 0.5) is 0 Å². The lowest BCUT2D eigenvalue weighted by Crippen LogP contribution is -2.23. The second-order valence-electron chi connectivity index (χ2n) is 3.19. The van der Waals surface area contributed by atoms with E-state index in [4.69, 9.17) is 0 Å². The number of nitrogens with zero attached hydrogens (tertiary/aromatic N) is 1. The molecule has 0 aromatic carbocycles. The van der Waals surface area contributed by atoms with Gasteiger partial charge in [0, 0.05) is 0 Å². The fraction of sp³-hybridized carbons (Fsp3) is 0.900. The minimum Gasteiger partial charge on any atom is -0.294 e. The van der Waals surface area contributed by atoms with Gasteiger partial charge in [-0.3, -0.25) is 4.99 Å². The molecule has 0 saturated carbocycles. The maximum atomic E-state index is 4.24. The van der Waals surface area contributed by atoms with Crippen molar-refractivity contribution in [3.8, 4) is 0 Å². The first-order chi connectivity index (χ1) is 5.24. The van der Waals surface area contributed by atoms with E-state index in [0.717, 1.165) is 12.8 Å². The molecule has 0 N–H and O–H groups in total. The highest BCUT2D eigenvalue weighted by molar-refractivity contribution is 5.26. The summed E-state index contributed by atoms with van der Waals surface area (Å²) in [5.74, 6) is 0. The summed E-state index contributed by atoms with van der Waals surface area (Å²) in [5.41, 5.74) is 0.190. The van der Waals surface area contributed by atoms with Crippen LogP contribution in [-0.4, -0.2) is 12.3 Å². The van der Waals surface area contributed by atoms with Crippen LogP contribution in [0.1, 0.15) is 52.9 Å². The molecule has 1 heteroatoms. The molecule has 0 aliphatic rings. The van der Waals surface area contributed by atoms with Crippen LogP contribution >= 0.6 is 0 Å². The first kappa shape index (κ1) is 10.7. The highest BCUT2D eigenvalue weighted by Gasteiger charge is 2.22. The average molecular weight is 155 g/mol. The van der Waals surface area contributed by atoms with E-state index in [1.54, 1.807) is 0 Å². The van der Waals surface area contributed by atoms with Crippen molar-refractivity contribution in [2.45, 2.75) is 58.4 Å². The maximum Gasteiger partial charge on any atom is 0.0595 e. The molecule has 0 spiro atoms. The van der Waals surface area contributed by atoms with Crippen LogP contribution in [0.3, 0.4) is 0 Å². The van der Waals surface area contributed by atoms with Crippen molar-refractivity contribution in [2.24, 2.45) is 4.99 Å². The van der Waals surface area contributed by atoms with E-state index >= 15 is 0 Å². The molecule has 1 nitrogen and oxygen atoms in total. The zero-order valence-corrected chi connectivity index (χ0v) is 8.19. The van der Waals surface area contributed by atoms with Crippen LogP contribution in [-0.2, 0) is 0 Å². The van der Waals surface area contributed by atoms with Crippen molar-refractivity contribution in [3.05, 3.63) is 0 Å². The van der Waals surface area contributed by atoms with Crippen LogP contribution in [0.5, 0.6) is 0 Å². The van der Waals surface area contributed by atoms with Gasteiger partial charge in [0.05, 0.1) is 5.54 Å². The predicted octanol–water partition coefficient (Wildman–Crippen LogP) is 3.44. The topological polar surface area (TPSA) is 12.4 Å². The molecule has 0 aromatic rings. The summed E-state index contributed by atoms with van der Waals surface area (Å²) in [6, 6.07) is 0. The summed E-state index contributed by atoms with van der Waals surface area (Å²) in [4.78, 5) is 4.24.